The molecule has 1 unspecified atom stereocenters. The Kier molecular flexibility index (Phi) is 2.30. The van der Waals surface area contributed by atoms with Crippen LogP contribution in [0.2, 0.25) is 0 Å². The van der Waals surface area contributed by atoms with E-state index in [1.807, 2.05) is 18.3 Å². The summed E-state index contributed by atoms with van der Waals surface area (Å²) in [7, 11) is 0. The Morgan fingerprint density at radius 1 is 1.00 bits per heavy atom. The normalized spacial score (nSPS) is 19.3. The molecule has 2 heterocycles. The topological polar surface area (TPSA) is 30.8 Å². The van der Waals surface area contributed by atoms with Crippen LogP contribution in [-0.4, -0.2) is 13.0 Å². The number of hydrogen-bond acceptors (Lipinski definition) is 3. The van der Waals surface area contributed by atoms with Gasteiger partial charge in [0.2, 0.25) is 6.79 Å². The Labute approximate surface area is 111 Å². The monoisotopic (exact) mass is 251 g/mol. The van der Waals surface area contributed by atoms with Gasteiger partial charge in [0, 0.05) is 6.21 Å². The van der Waals surface area contributed by atoms with Gasteiger partial charge in [0.25, 0.3) is 0 Å². The van der Waals surface area contributed by atoms with Gasteiger partial charge in [-0.2, -0.15) is 0 Å². The number of fused-ring (bicyclic) bond motifs is 2. The van der Waals surface area contributed by atoms with E-state index in [0.717, 1.165) is 23.5 Å². The minimum Gasteiger partial charge on any atom is -0.454 e. The van der Waals surface area contributed by atoms with Gasteiger partial charge in [-0.25, -0.2) is 0 Å². The van der Waals surface area contributed by atoms with E-state index in [0.29, 0.717) is 6.79 Å². The molecule has 4 rings (SSSR count). The second-order valence-electron chi connectivity index (χ2n) is 4.81. The Balaban J connectivity index is 1.71. The Morgan fingerprint density at radius 2 is 1.79 bits per heavy atom. The summed E-state index contributed by atoms with van der Waals surface area (Å²) in [5, 5.41) is 0. The number of nitrogens with zero attached hydrogens (tertiary/aromatic N) is 1. The smallest absolute Gasteiger partial charge is 0.231 e. The summed E-state index contributed by atoms with van der Waals surface area (Å²) < 4.78 is 10.8. The van der Waals surface area contributed by atoms with Gasteiger partial charge in [0.05, 0.1) is 6.04 Å². The molecular formula is C16H13NO2. The molecule has 0 aromatic heterocycles. The van der Waals surface area contributed by atoms with Crippen LogP contribution in [0, 0.1) is 0 Å². The van der Waals surface area contributed by atoms with Crippen LogP contribution in [0.3, 0.4) is 0 Å². The van der Waals surface area contributed by atoms with Crippen molar-refractivity contribution in [2.75, 3.05) is 6.79 Å². The Bertz CT molecular complexity index is 649. The van der Waals surface area contributed by atoms with Crippen LogP contribution < -0.4 is 9.47 Å². The minimum atomic E-state index is 0.203. The molecule has 94 valence electrons. The van der Waals surface area contributed by atoms with E-state index in [-0.39, 0.29) is 6.04 Å². The van der Waals surface area contributed by atoms with Crippen LogP contribution in [0.4, 0.5) is 0 Å². The summed E-state index contributed by atoms with van der Waals surface area (Å²) in [6.45, 7) is 0.317. The highest BCUT2D eigenvalue weighted by Crippen LogP contribution is 2.37. The van der Waals surface area contributed by atoms with Crippen molar-refractivity contribution in [2.24, 2.45) is 4.99 Å². The molecule has 0 spiro atoms. The average Bonchev–Trinajstić information content (AvgIpc) is 2.92. The highest BCUT2D eigenvalue weighted by atomic mass is 16.7. The lowest BCUT2D eigenvalue weighted by Gasteiger charge is -2.19. The number of aliphatic imine (C=N–C) groups is 1. The third-order valence-electron chi connectivity index (χ3n) is 3.63. The van der Waals surface area contributed by atoms with Crippen LogP contribution in [-0.2, 0) is 6.42 Å². The fourth-order valence-corrected chi connectivity index (χ4v) is 2.61. The molecule has 19 heavy (non-hydrogen) atoms. The molecule has 0 radical (unpaired) electrons. The van der Waals surface area contributed by atoms with Crippen molar-refractivity contribution in [3.8, 4) is 11.5 Å². The van der Waals surface area contributed by atoms with Gasteiger partial charge >= 0.3 is 0 Å². The molecule has 2 aromatic rings. The summed E-state index contributed by atoms with van der Waals surface area (Å²) in [5.41, 5.74) is 3.66. The molecule has 3 nitrogen and oxygen atoms in total. The van der Waals surface area contributed by atoms with Gasteiger partial charge in [-0.3, -0.25) is 4.99 Å². The molecule has 0 saturated heterocycles. The lowest BCUT2D eigenvalue weighted by atomic mass is 9.93. The first-order valence-corrected chi connectivity index (χ1v) is 6.41. The quantitative estimate of drug-likeness (QED) is 0.779. The third-order valence-corrected chi connectivity index (χ3v) is 3.63. The fraction of sp³-hybridized carbons (Fsp3) is 0.188. The molecule has 2 aliphatic heterocycles. The molecular weight excluding hydrogens is 238 g/mol. The van der Waals surface area contributed by atoms with Crippen LogP contribution in [0.5, 0.6) is 11.5 Å². The maximum Gasteiger partial charge on any atom is 0.231 e. The first-order valence-electron chi connectivity index (χ1n) is 6.41. The lowest BCUT2D eigenvalue weighted by Crippen LogP contribution is -2.08. The van der Waals surface area contributed by atoms with E-state index in [1.165, 1.54) is 11.1 Å². The molecule has 0 fully saturated rings. The molecule has 0 N–H and O–H groups in total. The van der Waals surface area contributed by atoms with Crippen LogP contribution in [0.1, 0.15) is 22.7 Å². The largest absolute Gasteiger partial charge is 0.454 e. The van der Waals surface area contributed by atoms with Gasteiger partial charge in [-0.15, -0.1) is 0 Å². The zero-order valence-corrected chi connectivity index (χ0v) is 10.4. The summed E-state index contributed by atoms with van der Waals surface area (Å²) in [5.74, 6) is 1.67. The predicted octanol–water partition coefficient (Wildman–Crippen LogP) is 3.13. The minimum absolute atomic E-state index is 0.203. The van der Waals surface area contributed by atoms with Crippen molar-refractivity contribution >= 4 is 6.21 Å². The summed E-state index contributed by atoms with van der Waals surface area (Å²) in [6.07, 6.45) is 2.85. The zero-order valence-electron chi connectivity index (χ0n) is 10.4. The molecule has 2 aromatic carbocycles. The SMILES string of the molecule is C1=NC(c2ccccc2)Cc2cc3c(cc21)OCO3. The Hall–Kier alpha value is -2.29. The number of hydrogen-bond donors (Lipinski definition) is 0. The molecule has 1 atom stereocenters. The van der Waals surface area contributed by atoms with E-state index in [4.69, 9.17) is 9.47 Å². The van der Waals surface area contributed by atoms with E-state index in [2.05, 4.69) is 35.3 Å². The van der Waals surface area contributed by atoms with Crippen molar-refractivity contribution in [2.45, 2.75) is 12.5 Å². The maximum atomic E-state index is 5.44. The van der Waals surface area contributed by atoms with Gasteiger partial charge in [0.15, 0.2) is 11.5 Å². The highest BCUT2D eigenvalue weighted by Gasteiger charge is 2.21. The summed E-state index contributed by atoms with van der Waals surface area (Å²) >= 11 is 0. The predicted molar refractivity (Wildman–Crippen MR) is 73.0 cm³/mol. The number of ether oxygens (including phenoxy) is 2. The van der Waals surface area contributed by atoms with Crippen molar-refractivity contribution in [3.05, 3.63) is 59.2 Å². The maximum absolute atomic E-state index is 5.44. The standard InChI is InChI=1S/C16H13NO2/c1-2-4-11(5-3-1)14-6-12-7-15-16(19-10-18-15)8-13(12)9-17-14/h1-5,7-9,14H,6,10H2. The first kappa shape index (κ1) is 10.6. The third kappa shape index (κ3) is 1.78. The van der Waals surface area contributed by atoms with Gasteiger partial charge in [-0.05, 0) is 35.2 Å². The summed E-state index contributed by atoms with van der Waals surface area (Å²) in [6, 6.07) is 14.7. The van der Waals surface area contributed by atoms with E-state index < -0.39 is 0 Å². The van der Waals surface area contributed by atoms with Crippen LogP contribution in [0.15, 0.2) is 47.5 Å². The number of rotatable bonds is 1. The molecule has 0 bridgehead atoms. The average molecular weight is 251 g/mol. The highest BCUT2D eigenvalue weighted by molar-refractivity contribution is 5.84. The van der Waals surface area contributed by atoms with Crippen molar-refractivity contribution in [1.82, 2.24) is 0 Å². The van der Waals surface area contributed by atoms with E-state index in [9.17, 15) is 0 Å². The molecule has 0 aliphatic carbocycles. The molecule has 2 aliphatic rings. The fourth-order valence-electron chi connectivity index (χ4n) is 2.61. The van der Waals surface area contributed by atoms with Crippen molar-refractivity contribution in [1.29, 1.82) is 0 Å². The lowest BCUT2D eigenvalue weighted by molar-refractivity contribution is 0.174. The summed E-state index contributed by atoms with van der Waals surface area (Å²) in [4.78, 5) is 4.65. The zero-order chi connectivity index (χ0) is 12.7. The molecule has 0 saturated carbocycles. The second kappa shape index (κ2) is 4.12. The van der Waals surface area contributed by atoms with Crippen molar-refractivity contribution in [3.63, 3.8) is 0 Å². The second-order valence-corrected chi connectivity index (χ2v) is 4.81. The van der Waals surface area contributed by atoms with E-state index >= 15 is 0 Å². The van der Waals surface area contributed by atoms with Crippen molar-refractivity contribution < 1.29 is 9.47 Å². The first-order chi connectivity index (χ1) is 9.40. The number of benzene rings is 2. The molecule has 3 heteroatoms. The van der Waals surface area contributed by atoms with Gasteiger partial charge in [-0.1, -0.05) is 30.3 Å². The van der Waals surface area contributed by atoms with Gasteiger partial charge < -0.3 is 9.47 Å². The van der Waals surface area contributed by atoms with Crippen LogP contribution >= 0.6 is 0 Å². The van der Waals surface area contributed by atoms with Gasteiger partial charge in [0.1, 0.15) is 0 Å². The van der Waals surface area contributed by atoms with E-state index in [1.54, 1.807) is 0 Å². The molecule has 0 amide bonds. The van der Waals surface area contributed by atoms with Crippen LogP contribution in [0.25, 0.3) is 0 Å². The Morgan fingerprint density at radius 3 is 2.63 bits per heavy atom.